The monoisotopic (exact) mass is 370 g/mol. The van der Waals surface area contributed by atoms with Crippen molar-refractivity contribution in [1.82, 2.24) is 5.32 Å². The molecule has 1 atom stereocenters. The van der Waals surface area contributed by atoms with Gasteiger partial charge in [-0.05, 0) is 36.8 Å². The van der Waals surface area contributed by atoms with Crippen LogP contribution in [0.15, 0.2) is 30.3 Å². The highest BCUT2D eigenvalue weighted by Crippen LogP contribution is 2.37. The molecule has 3 N–H and O–H groups in total. The van der Waals surface area contributed by atoms with Crippen LogP contribution in [0, 0.1) is 0 Å². The van der Waals surface area contributed by atoms with Crippen LogP contribution in [0.5, 0.6) is 0 Å². The van der Waals surface area contributed by atoms with Crippen LogP contribution < -0.4 is 11.1 Å². The Hall–Kier alpha value is -0.710. The molecule has 5 heteroatoms. The Morgan fingerprint density at radius 1 is 1.21 bits per heavy atom. The van der Waals surface area contributed by atoms with Gasteiger partial charge in [-0.3, -0.25) is 4.79 Å². The first-order valence-electron chi connectivity index (χ1n) is 8.76. The third-order valence-corrected chi connectivity index (χ3v) is 5.66. The Labute approximate surface area is 156 Å². The zero-order chi connectivity index (χ0) is 16.5. The predicted octanol–water partition coefficient (Wildman–Crippen LogP) is 3.90. The number of carbonyl (C=O) groups is 1. The Morgan fingerprint density at radius 2 is 1.83 bits per heavy atom. The van der Waals surface area contributed by atoms with Gasteiger partial charge in [0.25, 0.3) is 0 Å². The Balaban J connectivity index is 0.00000288. The lowest BCUT2D eigenvalue weighted by molar-refractivity contribution is -0.122. The number of nitrogens with two attached hydrogens (primary N) is 1. The second-order valence-corrected chi connectivity index (χ2v) is 7.65. The van der Waals surface area contributed by atoms with E-state index in [0.717, 1.165) is 25.0 Å². The molecule has 136 valence electrons. The number of benzene rings is 1. The summed E-state index contributed by atoms with van der Waals surface area (Å²) < 4.78 is 0. The summed E-state index contributed by atoms with van der Waals surface area (Å²) in [5.41, 5.74) is 7.44. The van der Waals surface area contributed by atoms with Gasteiger partial charge >= 0.3 is 0 Å². The van der Waals surface area contributed by atoms with Crippen LogP contribution in [0.2, 0.25) is 0 Å². The highest BCUT2D eigenvalue weighted by molar-refractivity contribution is 7.98. The quantitative estimate of drug-likeness (QED) is 0.716. The second-order valence-electron chi connectivity index (χ2n) is 6.67. The summed E-state index contributed by atoms with van der Waals surface area (Å²) in [4.78, 5) is 12.3. The van der Waals surface area contributed by atoms with Crippen LogP contribution in [0.25, 0.3) is 0 Å². The number of hydrogen-bond acceptors (Lipinski definition) is 3. The zero-order valence-electron chi connectivity index (χ0n) is 14.6. The van der Waals surface area contributed by atoms with Crippen molar-refractivity contribution in [2.24, 2.45) is 5.73 Å². The zero-order valence-corrected chi connectivity index (χ0v) is 16.3. The third kappa shape index (κ3) is 5.98. The van der Waals surface area contributed by atoms with E-state index in [4.69, 9.17) is 5.73 Å². The molecule has 2 rings (SSSR count). The Kier molecular flexibility index (Phi) is 9.79. The average Bonchev–Trinajstić information content (AvgIpc) is 2.85. The standard InChI is InChI=1S/C19H30N2OS.ClH/c1-23-14-11-17(20)18(22)21-15-19(12-7-2-3-8-13-19)16-9-5-4-6-10-16;/h4-6,9-10,17H,2-3,7-8,11-15,20H2,1H3,(H,21,22);1H/t17-;/m0./s1. The molecule has 0 radical (unpaired) electrons. The van der Waals surface area contributed by atoms with Crippen molar-refractivity contribution in [3.63, 3.8) is 0 Å². The van der Waals surface area contributed by atoms with E-state index in [2.05, 4.69) is 35.6 Å². The number of rotatable bonds is 7. The van der Waals surface area contributed by atoms with Gasteiger partial charge in [-0.15, -0.1) is 12.4 Å². The summed E-state index contributed by atoms with van der Waals surface area (Å²) in [6.45, 7) is 0.711. The van der Waals surface area contributed by atoms with Crippen molar-refractivity contribution in [3.05, 3.63) is 35.9 Å². The molecule has 0 bridgehead atoms. The molecule has 24 heavy (non-hydrogen) atoms. The molecule has 1 aliphatic carbocycles. The van der Waals surface area contributed by atoms with Gasteiger partial charge < -0.3 is 11.1 Å². The van der Waals surface area contributed by atoms with Gasteiger partial charge in [0.2, 0.25) is 5.91 Å². The van der Waals surface area contributed by atoms with Crippen LogP contribution in [-0.2, 0) is 10.2 Å². The highest BCUT2D eigenvalue weighted by Gasteiger charge is 2.33. The summed E-state index contributed by atoms with van der Waals surface area (Å²) >= 11 is 1.73. The van der Waals surface area contributed by atoms with Crippen LogP contribution in [0.3, 0.4) is 0 Å². The molecule has 0 unspecified atom stereocenters. The summed E-state index contributed by atoms with van der Waals surface area (Å²) in [7, 11) is 0. The van der Waals surface area contributed by atoms with Crippen molar-refractivity contribution in [2.75, 3.05) is 18.6 Å². The summed E-state index contributed by atoms with van der Waals surface area (Å²) in [5.74, 6) is 0.928. The molecule has 0 aromatic heterocycles. The number of nitrogens with one attached hydrogen (secondary N) is 1. The smallest absolute Gasteiger partial charge is 0.236 e. The summed E-state index contributed by atoms with van der Waals surface area (Å²) in [6, 6.07) is 10.3. The van der Waals surface area contributed by atoms with E-state index < -0.39 is 0 Å². The highest BCUT2D eigenvalue weighted by atomic mass is 35.5. The van der Waals surface area contributed by atoms with Crippen LogP contribution in [-0.4, -0.2) is 30.5 Å². The van der Waals surface area contributed by atoms with Crippen LogP contribution >= 0.6 is 24.2 Å². The van der Waals surface area contributed by atoms with Crippen LogP contribution in [0.1, 0.15) is 50.5 Å². The summed E-state index contributed by atoms with van der Waals surface area (Å²) in [6.07, 6.45) is 10.2. The van der Waals surface area contributed by atoms with Gasteiger partial charge in [-0.25, -0.2) is 0 Å². The molecule has 0 saturated heterocycles. The van der Waals surface area contributed by atoms with E-state index in [1.54, 1.807) is 11.8 Å². The lowest BCUT2D eigenvalue weighted by atomic mass is 9.74. The van der Waals surface area contributed by atoms with E-state index in [1.807, 2.05) is 6.26 Å². The maximum absolute atomic E-state index is 12.3. The second kappa shape index (κ2) is 11.0. The van der Waals surface area contributed by atoms with Crippen LogP contribution in [0.4, 0.5) is 0 Å². The summed E-state index contributed by atoms with van der Waals surface area (Å²) in [5, 5.41) is 3.15. The SMILES string of the molecule is CSCC[C@H](N)C(=O)NCC1(c2ccccc2)CCCCCC1.Cl. The minimum atomic E-state index is -0.388. The first-order chi connectivity index (χ1) is 11.2. The molecule has 0 aliphatic heterocycles. The van der Waals surface area contributed by atoms with Crippen molar-refractivity contribution >= 4 is 30.1 Å². The van der Waals surface area contributed by atoms with Crippen molar-refractivity contribution in [1.29, 1.82) is 0 Å². The fourth-order valence-corrected chi connectivity index (χ4v) is 4.02. The topological polar surface area (TPSA) is 55.1 Å². The van der Waals surface area contributed by atoms with Gasteiger partial charge in [0, 0.05) is 12.0 Å². The first kappa shape index (κ1) is 21.3. The predicted molar refractivity (Wildman–Crippen MR) is 107 cm³/mol. The molecule has 1 aromatic rings. The van der Waals surface area contributed by atoms with E-state index in [1.165, 1.54) is 31.2 Å². The number of amides is 1. The molecule has 0 spiro atoms. The molecule has 1 saturated carbocycles. The van der Waals surface area contributed by atoms with E-state index in [-0.39, 0.29) is 29.8 Å². The molecular formula is C19H31ClN2OS. The molecule has 1 aliphatic rings. The van der Waals surface area contributed by atoms with Gasteiger partial charge in [-0.2, -0.15) is 11.8 Å². The largest absolute Gasteiger partial charge is 0.354 e. The Bertz CT molecular complexity index is 476. The van der Waals surface area contributed by atoms with Gasteiger partial charge in [-0.1, -0.05) is 56.0 Å². The molecule has 1 amide bonds. The number of thioether (sulfide) groups is 1. The average molecular weight is 371 g/mol. The van der Waals surface area contributed by atoms with Gasteiger partial charge in [0.1, 0.15) is 0 Å². The lowest BCUT2D eigenvalue weighted by Crippen LogP contribution is -2.47. The van der Waals surface area contributed by atoms with E-state index >= 15 is 0 Å². The van der Waals surface area contributed by atoms with Gasteiger partial charge in [0.15, 0.2) is 0 Å². The minimum Gasteiger partial charge on any atom is -0.354 e. The minimum absolute atomic E-state index is 0. The number of hydrogen-bond donors (Lipinski definition) is 2. The van der Waals surface area contributed by atoms with Crippen molar-refractivity contribution < 1.29 is 4.79 Å². The molecule has 3 nitrogen and oxygen atoms in total. The lowest BCUT2D eigenvalue weighted by Gasteiger charge is -2.34. The van der Waals surface area contributed by atoms with Gasteiger partial charge in [0.05, 0.1) is 6.04 Å². The molecule has 1 aromatic carbocycles. The molecular weight excluding hydrogens is 340 g/mol. The molecule has 1 fully saturated rings. The fraction of sp³-hybridized carbons (Fsp3) is 0.632. The first-order valence-corrected chi connectivity index (χ1v) is 10.2. The third-order valence-electron chi connectivity index (χ3n) is 5.02. The van der Waals surface area contributed by atoms with Crippen molar-refractivity contribution in [3.8, 4) is 0 Å². The number of halogens is 1. The fourth-order valence-electron chi connectivity index (χ4n) is 3.53. The maximum Gasteiger partial charge on any atom is 0.236 e. The maximum atomic E-state index is 12.3. The normalized spacial score (nSPS) is 18.1. The van der Waals surface area contributed by atoms with E-state index in [9.17, 15) is 4.79 Å². The van der Waals surface area contributed by atoms with E-state index in [0.29, 0.717) is 6.54 Å². The van der Waals surface area contributed by atoms with Crippen molar-refractivity contribution in [2.45, 2.75) is 56.4 Å². The number of carbonyl (C=O) groups excluding carboxylic acids is 1. The molecule has 0 heterocycles. The Morgan fingerprint density at radius 3 is 2.42 bits per heavy atom.